The van der Waals surface area contributed by atoms with E-state index in [9.17, 15) is 14.4 Å². The van der Waals surface area contributed by atoms with Crippen molar-refractivity contribution in [2.75, 3.05) is 7.11 Å². The van der Waals surface area contributed by atoms with E-state index in [4.69, 9.17) is 9.47 Å². The van der Waals surface area contributed by atoms with Crippen LogP contribution in [-0.4, -0.2) is 33.0 Å². The lowest BCUT2D eigenvalue weighted by Gasteiger charge is -2.08. The quantitative estimate of drug-likeness (QED) is 0.474. The second kappa shape index (κ2) is 7.82. The smallest absolute Gasteiger partial charge is 0.340 e. The van der Waals surface area contributed by atoms with Crippen molar-refractivity contribution in [2.45, 2.75) is 20.1 Å². The molecule has 0 radical (unpaired) electrons. The normalized spacial score (nSPS) is 11.0. The first-order chi connectivity index (χ1) is 14.5. The van der Waals surface area contributed by atoms with E-state index in [2.05, 4.69) is 4.98 Å². The molecule has 0 fully saturated rings. The van der Waals surface area contributed by atoms with Crippen molar-refractivity contribution in [3.63, 3.8) is 0 Å². The van der Waals surface area contributed by atoms with Crippen LogP contribution in [0.3, 0.4) is 0 Å². The Balaban J connectivity index is 1.53. The number of fused-ring (bicyclic) bond motifs is 2. The summed E-state index contributed by atoms with van der Waals surface area (Å²) in [5.41, 5.74) is 2.49. The maximum Gasteiger partial charge on any atom is 0.340 e. The third-order valence-corrected chi connectivity index (χ3v) is 4.81. The number of methoxy groups -OCH3 is 1. The summed E-state index contributed by atoms with van der Waals surface area (Å²) in [6.07, 6.45) is 1.57. The van der Waals surface area contributed by atoms with Gasteiger partial charge in [0.2, 0.25) is 0 Å². The standard InChI is InChI=1S/C22H19N3O5/c1-14-6-5-9-19-23-15(10-20(26)25(14)19)13-30-21(27)12-24-11-17(22(28)29-2)16-7-3-4-8-18(16)24/h3-11H,12-13H2,1-2H3. The van der Waals surface area contributed by atoms with Gasteiger partial charge in [-0.1, -0.05) is 24.3 Å². The van der Waals surface area contributed by atoms with Crippen molar-refractivity contribution < 1.29 is 19.1 Å². The van der Waals surface area contributed by atoms with Crippen LogP contribution in [0.5, 0.6) is 0 Å². The summed E-state index contributed by atoms with van der Waals surface area (Å²) in [6, 6.07) is 13.9. The van der Waals surface area contributed by atoms with Gasteiger partial charge in [-0.3, -0.25) is 14.0 Å². The van der Waals surface area contributed by atoms with Crippen molar-refractivity contribution in [3.8, 4) is 0 Å². The van der Waals surface area contributed by atoms with Gasteiger partial charge in [-0.2, -0.15) is 0 Å². The number of rotatable bonds is 5. The molecule has 0 saturated carbocycles. The lowest BCUT2D eigenvalue weighted by atomic mass is 10.2. The second-order valence-electron chi connectivity index (χ2n) is 6.79. The number of carbonyl (C=O) groups is 2. The summed E-state index contributed by atoms with van der Waals surface area (Å²) in [6.45, 7) is 1.60. The largest absolute Gasteiger partial charge is 0.465 e. The molecule has 30 heavy (non-hydrogen) atoms. The Morgan fingerprint density at radius 1 is 1.10 bits per heavy atom. The topological polar surface area (TPSA) is 91.9 Å². The number of benzene rings is 1. The minimum absolute atomic E-state index is 0.0941. The van der Waals surface area contributed by atoms with Crippen molar-refractivity contribution in [3.05, 3.63) is 82.0 Å². The number of pyridine rings is 1. The van der Waals surface area contributed by atoms with Crippen molar-refractivity contribution in [1.82, 2.24) is 14.0 Å². The molecule has 0 spiro atoms. The number of ether oxygens (including phenoxy) is 2. The molecule has 0 N–H and O–H groups in total. The lowest BCUT2D eigenvalue weighted by molar-refractivity contribution is -0.145. The average molecular weight is 405 g/mol. The second-order valence-corrected chi connectivity index (χ2v) is 6.79. The van der Waals surface area contributed by atoms with Gasteiger partial charge >= 0.3 is 11.9 Å². The van der Waals surface area contributed by atoms with E-state index in [1.54, 1.807) is 22.9 Å². The van der Waals surface area contributed by atoms with Gasteiger partial charge in [0.1, 0.15) is 18.8 Å². The highest BCUT2D eigenvalue weighted by Crippen LogP contribution is 2.22. The highest BCUT2D eigenvalue weighted by atomic mass is 16.5. The van der Waals surface area contributed by atoms with Gasteiger partial charge < -0.3 is 14.0 Å². The molecule has 0 aliphatic heterocycles. The number of nitrogens with zero attached hydrogens (tertiary/aromatic N) is 3. The van der Waals surface area contributed by atoms with E-state index >= 15 is 0 Å². The van der Waals surface area contributed by atoms with Crippen LogP contribution in [0.1, 0.15) is 21.7 Å². The van der Waals surface area contributed by atoms with Crippen molar-refractivity contribution in [2.24, 2.45) is 0 Å². The van der Waals surface area contributed by atoms with E-state index < -0.39 is 11.9 Å². The summed E-state index contributed by atoms with van der Waals surface area (Å²) in [4.78, 5) is 41.1. The Bertz CT molecular complexity index is 1340. The Hall–Kier alpha value is -3.94. The maximum atomic E-state index is 12.4. The van der Waals surface area contributed by atoms with Crippen LogP contribution in [0.25, 0.3) is 16.6 Å². The van der Waals surface area contributed by atoms with E-state index in [1.807, 2.05) is 37.3 Å². The molecule has 152 valence electrons. The third kappa shape index (κ3) is 3.55. The zero-order valence-electron chi connectivity index (χ0n) is 16.5. The number of hydrogen-bond donors (Lipinski definition) is 0. The predicted octanol–water partition coefficient (Wildman–Crippen LogP) is 2.49. The monoisotopic (exact) mass is 405 g/mol. The molecule has 0 unspecified atom stereocenters. The van der Waals surface area contributed by atoms with Gasteiger partial charge in [-0.15, -0.1) is 0 Å². The summed E-state index contributed by atoms with van der Waals surface area (Å²) < 4.78 is 13.3. The molecule has 0 amide bonds. The SMILES string of the molecule is COC(=O)c1cn(CC(=O)OCc2cc(=O)n3c(C)cccc3n2)c2ccccc12. The zero-order valence-corrected chi connectivity index (χ0v) is 16.5. The fourth-order valence-corrected chi connectivity index (χ4v) is 3.43. The first kappa shape index (κ1) is 19.4. The van der Waals surface area contributed by atoms with E-state index in [0.717, 1.165) is 5.69 Å². The number of aromatic nitrogens is 3. The highest BCUT2D eigenvalue weighted by molar-refractivity contribution is 6.04. The Labute approximate surface area is 171 Å². The van der Waals surface area contributed by atoms with Gasteiger partial charge in [-0.05, 0) is 25.1 Å². The van der Waals surface area contributed by atoms with Crippen LogP contribution in [-0.2, 0) is 27.4 Å². The molecular formula is C22H19N3O5. The van der Waals surface area contributed by atoms with Crippen LogP contribution in [0, 0.1) is 6.92 Å². The van der Waals surface area contributed by atoms with Crippen LogP contribution in [0.4, 0.5) is 0 Å². The van der Waals surface area contributed by atoms with Gasteiger partial charge in [0.25, 0.3) is 5.56 Å². The van der Waals surface area contributed by atoms with Gasteiger partial charge in [-0.25, -0.2) is 9.78 Å². The number of esters is 2. The molecule has 8 nitrogen and oxygen atoms in total. The molecule has 8 heteroatoms. The molecule has 4 rings (SSSR count). The zero-order chi connectivity index (χ0) is 21.3. The summed E-state index contributed by atoms with van der Waals surface area (Å²) in [5, 5.41) is 0.691. The van der Waals surface area contributed by atoms with Crippen LogP contribution in [0.15, 0.2) is 59.5 Å². The predicted molar refractivity (Wildman–Crippen MR) is 109 cm³/mol. The highest BCUT2D eigenvalue weighted by Gasteiger charge is 2.17. The summed E-state index contributed by atoms with van der Waals surface area (Å²) in [5.74, 6) is -0.993. The number of carbonyl (C=O) groups excluding carboxylic acids is 2. The first-order valence-corrected chi connectivity index (χ1v) is 9.28. The minimum Gasteiger partial charge on any atom is -0.465 e. The summed E-state index contributed by atoms with van der Waals surface area (Å²) in [7, 11) is 1.31. The van der Waals surface area contributed by atoms with Crippen LogP contribution < -0.4 is 5.56 Å². The van der Waals surface area contributed by atoms with Gasteiger partial charge in [0, 0.05) is 28.9 Å². The third-order valence-electron chi connectivity index (χ3n) is 4.81. The van der Waals surface area contributed by atoms with Crippen molar-refractivity contribution >= 4 is 28.5 Å². The molecule has 4 aromatic rings. The summed E-state index contributed by atoms with van der Waals surface area (Å²) >= 11 is 0. The molecule has 0 bridgehead atoms. The molecule has 0 aliphatic rings. The van der Waals surface area contributed by atoms with Gasteiger partial charge in [0.15, 0.2) is 0 Å². The average Bonchev–Trinajstić information content (AvgIpc) is 3.10. The molecule has 3 aromatic heterocycles. The van der Waals surface area contributed by atoms with E-state index in [1.165, 1.54) is 17.6 Å². The fraction of sp³-hybridized carbons (Fsp3) is 0.182. The molecule has 0 saturated heterocycles. The first-order valence-electron chi connectivity index (χ1n) is 9.28. The lowest BCUT2D eigenvalue weighted by Crippen LogP contribution is -2.19. The molecule has 1 aromatic carbocycles. The van der Waals surface area contributed by atoms with Crippen LogP contribution in [0.2, 0.25) is 0 Å². The molecular weight excluding hydrogens is 386 g/mol. The molecule has 3 heterocycles. The van der Waals surface area contributed by atoms with E-state index in [0.29, 0.717) is 27.8 Å². The minimum atomic E-state index is -0.515. The van der Waals surface area contributed by atoms with Gasteiger partial charge in [0.05, 0.1) is 18.4 Å². The Kier molecular flexibility index (Phi) is 5.05. The number of aryl methyl sites for hydroxylation is 1. The van der Waals surface area contributed by atoms with Crippen LogP contribution >= 0.6 is 0 Å². The molecule has 0 atom stereocenters. The fourth-order valence-electron chi connectivity index (χ4n) is 3.43. The van der Waals surface area contributed by atoms with E-state index in [-0.39, 0.29) is 18.7 Å². The number of para-hydroxylation sites is 1. The maximum absolute atomic E-state index is 12.4. The van der Waals surface area contributed by atoms with Crippen molar-refractivity contribution in [1.29, 1.82) is 0 Å². The number of hydrogen-bond acceptors (Lipinski definition) is 6. The molecule has 0 aliphatic carbocycles. The Morgan fingerprint density at radius 3 is 2.70 bits per heavy atom. The Morgan fingerprint density at radius 2 is 1.90 bits per heavy atom.